The van der Waals surface area contributed by atoms with Crippen LogP contribution in [0, 0.1) is 25.7 Å². The third kappa shape index (κ3) is 79.6. The average molecular weight is 2230 g/mol. The number of nitrogen functional groups attached to an aromatic ring is 2. The molecule has 744 valence electrons. The normalized spacial score (nSPS) is 11.7. The number of hydrogen-bond acceptors (Lipinski definition) is 20. The predicted molar refractivity (Wildman–Crippen MR) is 553 cm³/mol. The summed E-state index contributed by atoms with van der Waals surface area (Å²) in [5.74, 6) is -0.113. The highest BCUT2D eigenvalue weighted by Gasteiger charge is 2.28. The Morgan fingerprint density at radius 1 is 0.215 bits per heavy atom. The van der Waals surface area contributed by atoms with Crippen LogP contribution in [0.15, 0.2) is 133 Å². The topological polar surface area (TPSA) is 359 Å². The molecule has 1 aliphatic carbocycles. The fourth-order valence-corrected chi connectivity index (χ4v) is 14.4. The molecule has 1 saturated carbocycles. The molecule has 0 spiro atoms. The van der Waals surface area contributed by atoms with Gasteiger partial charge in [0.1, 0.15) is 0 Å². The van der Waals surface area contributed by atoms with Gasteiger partial charge >= 0.3 is 0 Å². The number of benzene rings is 6. The van der Waals surface area contributed by atoms with E-state index >= 15 is 0 Å². The van der Waals surface area contributed by atoms with Crippen molar-refractivity contribution >= 4 is 315 Å². The summed E-state index contributed by atoms with van der Waals surface area (Å²) in [6, 6.07) is 37.5. The number of nitrogens with two attached hydrogens (primary N) is 2. The summed E-state index contributed by atoms with van der Waals surface area (Å²) in [5.41, 5.74) is 21.9. The predicted octanol–water partition coefficient (Wildman–Crippen LogP) is 30.7. The van der Waals surface area contributed by atoms with Gasteiger partial charge in [0.05, 0.1) is 0 Å². The molecule has 6 aromatic rings. The van der Waals surface area contributed by atoms with E-state index in [9.17, 15) is 86.3 Å². The minimum absolute atomic E-state index is 0.0565. The standard InChI is InChI=1S/C14H8Cl2O2.C14H16N2.C12H20Cl2O2.C10H16Cl2O2.C9H14Cl2O2.C8H10Cl2O2.2C8H4Cl2O2.C8H12Cl2O2.C6H8Cl2O2/c15-13(17)11-5-1-9(2-6-11)10-3-7-12(8-4-10)14(16)18;1-9-7-11(15)3-5-13(9)14-6-4-12(16)8-10(14)2;13-11(15)9-7-5-3-1-2-4-6-8-10-12(14)16;11-9(13)7-5-3-1-2-4-6-8-10(12)14;10-8(12)6-4-2-1-3-5-7-9(11)13;2*9-7(11)5-1-2-6(4-3-5)8(10)12;9-7(11)5-2-1-3-6(4-5)8(10)12;9-7(11)5-3-1-2-4-6-8(10)12;7-5(9)3-1-2-4-6(8)10/h1-8H;3-8H,15-16H2,1-2H3;1-10H2;1-8H2;1-7H2;5-6H,1-4H2;2*1-4H;1-6H2;1-4H2. The number of rotatable bonds is 50. The zero-order valence-corrected chi connectivity index (χ0v) is 88.3. The molecule has 1 aliphatic rings. The number of halogens is 18. The van der Waals surface area contributed by atoms with Gasteiger partial charge in [-0.05, 0) is 425 Å². The Balaban J connectivity index is -0.00000144. The first-order valence-electron chi connectivity index (χ1n) is 43.2. The molecule has 38 heteroatoms. The summed E-state index contributed by atoms with van der Waals surface area (Å²) in [6.45, 7) is 4.14. The summed E-state index contributed by atoms with van der Waals surface area (Å²) in [6.07, 6.45) is 31.3. The molecule has 0 aromatic heterocycles. The molecule has 1 fully saturated rings. The van der Waals surface area contributed by atoms with Gasteiger partial charge in [-0.25, -0.2) is 0 Å². The second kappa shape index (κ2) is 83.9. The van der Waals surface area contributed by atoms with E-state index in [1.54, 1.807) is 54.6 Å². The Labute approximate surface area is 880 Å². The van der Waals surface area contributed by atoms with E-state index in [-0.39, 0.29) is 85.9 Å². The summed E-state index contributed by atoms with van der Waals surface area (Å²) in [5, 5.41) is -6.63. The van der Waals surface area contributed by atoms with E-state index in [1.807, 2.05) is 24.3 Å². The Hall–Kier alpha value is -5.80. The largest absolute Gasteiger partial charge is 0.399 e. The maximum absolute atomic E-state index is 10.9. The van der Waals surface area contributed by atoms with Gasteiger partial charge in [-0.3, -0.25) is 86.3 Å². The average Bonchev–Trinajstić information content (AvgIpc) is 0.819. The molecule has 0 aliphatic heterocycles. The lowest BCUT2D eigenvalue weighted by molar-refractivity contribution is -0.120. The van der Waals surface area contributed by atoms with Crippen LogP contribution >= 0.6 is 209 Å². The Bertz CT molecular complexity index is 4380. The minimum atomic E-state index is -0.602. The highest BCUT2D eigenvalue weighted by Crippen LogP contribution is 2.33. The van der Waals surface area contributed by atoms with E-state index in [4.69, 9.17) is 220 Å². The number of aryl methyl sites for hydroxylation is 2. The molecule has 0 bridgehead atoms. The van der Waals surface area contributed by atoms with Crippen molar-refractivity contribution in [2.45, 2.75) is 264 Å². The third-order valence-electron chi connectivity index (χ3n) is 19.1. The van der Waals surface area contributed by atoms with Gasteiger partial charge in [-0.1, -0.05) is 151 Å². The maximum Gasteiger partial charge on any atom is 0.252 e. The zero-order valence-electron chi connectivity index (χ0n) is 74.7. The van der Waals surface area contributed by atoms with Crippen molar-refractivity contribution in [3.05, 3.63) is 178 Å². The zero-order chi connectivity index (χ0) is 103. The number of hydrogen-bond donors (Lipinski definition) is 2. The maximum atomic E-state index is 10.9. The second-order valence-electron chi connectivity index (χ2n) is 30.2. The first-order valence-corrected chi connectivity index (χ1v) is 50.0. The molecule has 0 unspecified atom stereocenters. The molecule has 0 saturated heterocycles. The van der Waals surface area contributed by atoms with Crippen LogP contribution in [-0.2, 0) is 57.5 Å². The van der Waals surface area contributed by atoms with E-state index in [1.165, 1.54) is 90.4 Å². The molecule has 0 amide bonds. The summed E-state index contributed by atoms with van der Waals surface area (Å²) in [7, 11) is 0. The van der Waals surface area contributed by atoms with E-state index in [0.29, 0.717) is 125 Å². The second-order valence-corrected chi connectivity index (χ2v) is 37.2. The first kappa shape index (κ1) is 133. The number of anilines is 2. The Morgan fingerprint density at radius 3 is 0.533 bits per heavy atom. The highest BCUT2D eigenvalue weighted by molar-refractivity contribution is 6.71. The quantitative estimate of drug-likeness (QED) is 0.0203. The highest BCUT2D eigenvalue weighted by atomic mass is 35.5. The van der Waals surface area contributed by atoms with Crippen molar-refractivity contribution in [3.8, 4) is 22.3 Å². The van der Waals surface area contributed by atoms with Crippen LogP contribution in [0.3, 0.4) is 0 Å². The van der Waals surface area contributed by atoms with Gasteiger partial charge in [0.15, 0.2) is 0 Å². The van der Waals surface area contributed by atoms with E-state index < -0.39 is 31.5 Å². The lowest BCUT2D eigenvalue weighted by atomic mass is 9.83. The van der Waals surface area contributed by atoms with Crippen LogP contribution < -0.4 is 11.5 Å². The van der Waals surface area contributed by atoms with Gasteiger partial charge in [-0.15, -0.1) is 0 Å². The van der Waals surface area contributed by atoms with Crippen molar-refractivity contribution < 1.29 is 86.3 Å². The van der Waals surface area contributed by atoms with Gasteiger partial charge in [0.25, 0.3) is 31.5 Å². The summed E-state index contributed by atoms with van der Waals surface area (Å²) < 4.78 is 0. The third-order valence-corrected chi connectivity index (χ3v) is 22.9. The van der Waals surface area contributed by atoms with Gasteiger partial charge in [0, 0.05) is 121 Å². The summed E-state index contributed by atoms with van der Waals surface area (Å²) in [4.78, 5) is 189. The van der Waals surface area contributed by atoms with Crippen molar-refractivity contribution in [1.82, 2.24) is 0 Å². The number of unbranched alkanes of at least 4 members (excludes halogenated alkanes) is 20. The molecule has 7 rings (SSSR count). The van der Waals surface area contributed by atoms with Crippen molar-refractivity contribution in [2.24, 2.45) is 11.8 Å². The molecule has 20 nitrogen and oxygen atoms in total. The molecule has 135 heavy (non-hydrogen) atoms. The van der Waals surface area contributed by atoms with Crippen molar-refractivity contribution in [3.63, 3.8) is 0 Å². The van der Waals surface area contributed by atoms with Crippen molar-refractivity contribution in [1.29, 1.82) is 0 Å². The summed E-state index contributed by atoms with van der Waals surface area (Å²) >= 11 is 93.6. The van der Waals surface area contributed by atoms with Crippen LogP contribution in [0.5, 0.6) is 0 Å². The fourth-order valence-electron chi connectivity index (χ4n) is 11.9. The van der Waals surface area contributed by atoms with Gasteiger partial charge in [0.2, 0.25) is 62.9 Å². The SMILES string of the molecule is Cc1cc(N)ccc1-c1ccc(N)cc1C.O=C(Cl)C1CCC(C(=O)Cl)CC1.O=C(Cl)CCCCC(=O)Cl.O=C(Cl)CCCCCCC(=O)Cl.O=C(Cl)CCCCCCCC(=O)Cl.O=C(Cl)CCCCCCCCC(=O)Cl.O=C(Cl)CCCCCCCCCCC(=O)Cl.O=C(Cl)c1ccc(-c2ccc(C(=O)Cl)cc2)cc1.O=C(Cl)c1ccc(C(=O)Cl)cc1.O=C(Cl)c1cccc(C(=O)Cl)c1. The fraction of sp³-hybridized carbons (Fsp3) is 0.443. The molecule has 0 heterocycles. The van der Waals surface area contributed by atoms with Crippen molar-refractivity contribution in [2.75, 3.05) is 11.5 Å². The van der Waals surface area contributed by atoms with Crippen LogP contribution in [0.1, 0.15) is 324 Å². The molecular formula is C97H112Cl18N2O18. The van der Waals surface area contributed by atoms with Crippen LogP contribution in [0.4, 0.5) is 11.4 Å². The monoisotopic (exact) mass is 2220 g/mol. The lowest BCUT2D eigenvalue weighted by Gasteiger charge is -2.23. The first-order chi connectivity index (χ1) is 63.6. The smallest absolute Gasteiger partial charge is 0.252 e. The van der Waals surface area contributed by atoms with Crippen LogP contribution in [-0.4, -0.2) is 94.4 Å². The van der Waals surface area contributed by atoms with Crippen LogP contribution in [0.2, 0.25) is 0 Å². The molecule has 4 N–H and O–H groups in total. The van der Waals surface area contributed by atoms with E-state index in [2.05, 4.69) is 26.0 Å². The van der Waals surface area contributed by atoms with Crippen LogP contribution in [0.25, 0.3) is 22.3 Å². The Morgan fingerprint density at radius 2 is 0.378 bits per heavy atom. The number of carbonyl (C=O) groups excluding carboxylic acids is 18. The van der Waals surface area contributed by atoms with Gasteiger partial charge in [-0.2, -0.15) is 0 Å². The molecular weight excluding hydrogens is 2120 g/mol. The van der Waals surface area contributed by atoms with E-state index in [0.717, 1.165) is 144 Å². The Kier molecular flexibility index (Phi) is 82.9. The number of carbonyl (C=O) groups is 18. The lowest BCUT2D eigenvalue weighted by Crippen LogP contribution is -2.21. The molecule has 6 aromatic carbocycles. The molecule has 0 radical (unpaired) electrons. The van der Waals surface area contributed by atoms with Gasteiger partial charge < -0.3 is 11.5 Å². The minimum Gasteiger partial charge on any atom is -0.399 e. The molecule has 0 atom stereocenters.